The third-order valence-corrected chi connectivity index (χ3v) is 5.09. The zero-order valence-electron chi connectivity index (χ0n) is 16.5. The van der Waals surface area contributed by atoms with Gasteiger partial charge >= 0.3 is 0 Å². The zero-order chi connectivity index (χ0) is 21.7. The van der Waals surface area contributed by atoms with E-state index in [2.05, 4.69) is 5.32 Å². The number of aromatic nitrogens is 1. The number of rotatable bonds is 6. The molecule has 0 amide bonds. The maximum Gasteiger partial charge on any atom is 0.238 e. The third kappa shape index (κ3) is 5.30. The summed E-state index contributed by atoms with van der Waals surface area (Å²) >= 11 is 18.0. The minimum absolute atomic E-state index is 0.260. The van der Waals surface area contributed by atoms with Crippen molar-refractivity contribution in [2.24, 2.45) is 0 Å². The number of ether oxygens (including phenoxy) is 1. The van der Waals surface area contributed by atoms with E-state index >= 15 is 0 Å². The predicted molar refractivity (Wildman–Crippen MR) is 125 cm³/mol. The first kappa shape index (κ1) is 22.1. The molecular formula is C23H20Cl2N2O2S. The van der Waals surface area contributed by atoms with Crippen LogP contribution in [0.5, 0.6) is 5.75 Å². The van der Waals surface area contributed by atoms with Gasteiger partial charge in [0.05, 0.1) is 6.61 Å². The molecule has 3 aromatic rings. The van der Waals surface area contributed by atoms with Crippen molar-refractivity contribution < 1.29 is 14.4 Å². The Morgan fingerprint density at radius 1 is 1.13 bits per heavy atom. The van der Waals surface area contributed by atoms with Gasteiger partial charge in [-0.1, -0.05) is 35.4 Å². The number of nitrogens with zero attached hydrogens (tertiary/aromatic N) is 1. The first-order chi connectivity index (χ1) is 14.4. The van der Waals surface area contributed by atoms with Gasteiger partial charge in [0.15, 0.2) is 17.4 Å². The molecule has 1 N–H and O–H groups in total. The highest BCUT2D eigenvalue weighted by Crippen LogP contribution is 2.27. The van der Waals surface area contributed by atoms with Crippen molar-refractivity contribution in [1.82, 2.24) is 0 Å². The van der Waals surface area contributed by atoms with Crippen LogP contribution >= 0.6 is 35.4 Å². The fourth-order valence-electron chi connectivity index (χ4n) is 2.86. The molecule has 1 aromatic heterocycles. The predicted octanol–water partition coefficient (Wildman–Crippen LogP) is 5.11. The minimum atomic E-state index is -0.332. The first-order valence-corrected chi connectivity index (χ1v) is 10.4. The average molecular weight is 459 g/mol. The van der Waals surface area contributed by atoms with Gasteiger partial charge < -0.3 is 15.2 Å². The molecule has 2 aromatic carbocycles. The maximum atomic E-state index is 13.5. The molecule has 0 unspecified atom stereocenters. The highest BCUT2D eigenvalue weighted by molar-refractivity contribution is 7.81. The summed E-state index contributed by atoms with van der Waals surface area (Å²) < 4.78 is 7.16. The molecule has 0 fully saturated rings. The van der Waals surface area contributed by atoms with E-state index in [9.17, 15) is 5.11 Å². The van der Waals surface area contributed by atoms with Crippen molar-refractivity contribution in [3.63, 3.8) is 0 Å². The molecule has 0 radical (unpaired) electrons. The number of pyridine rings is 1. The van der Waals surface area contributed by atoms with Crippen molar-refractivity contribution in [2.75, 3.05) is 11.9 Å². The number of thiocarbonyl (C=S) groups is 1. The normalized spacial score (nSPS) is 11.6. The van der Waals surface area contributed by atoms with Gasteiger partial charge in [0, 0.05) is 27.4 Å². The average Bonchev–Trinajstić information content (AvgIpc) is 2.71. The van der Waals surface area contributed by atoms with Gasteiger partial charge in [0.25, 0.3) is 0 Å². The molecule has 0 aliphatic rings. The summed E-state index contributed by atoms with van der Waals surface area (Å²) in [6, 6.07) is 15.9. The van der Waals surface area contributed by atoms with E-state index in [1.807, 2.05) is 56.4 Å². The molecule has 0 aliphatic heterocycles. The zero-order valence-corrected chi connectivity index (χ0v) is 18.8. The van der Waals surface area contributed by atoms with Gasteiger partial charge in [-0.25, -0.2) is 0 Å². The lowest BCUT2D eigenvalue weighted by atomic mass is 10.1. The van der Waals surface area contributed by atoms with Crippen LogP contribution < -0.4 is 19.7 Å². The first-order valence-electron chi connectivity index (χ1n) is 9.28. The Hall–Kier alpha value is -2.60. The van der Waals surface area contributed by atoms with Crippen LogP contribution in [-0.2, 0) is 0 Å². The smallest absolute Gasteiger partial charge is 0.238 e. The van der Waals surface area contributed by atoms with E-state index in [1.54, 1.807) is 29.0 Å². The Labute approximate surface area is 191 Å². The molecule has 0 atom stereocenters. The van der Waals surface area contributed by atoms with Crippen molar-refractivity contribution in [1.29, 1.82) is 0 Å². The van der Waals surface area contributed by atoms with Crippen LogP contribution in [0.25, 0.3) is 11.5 Å². The Kier molecular flexibility index (Phi) is 7.32. The fraction of sp³-hybridized carbons (Fsp3) is 0.130. The van der Waals surface area contributed by atoms with Crippen molar-refractivity contribution >= 4 is 57.6 Å². The summed E-state index contributed by atoms with van der Waals surface area (Å²) in [6.07, 6.45) is 3.60. The Morgan fingerprint density at radius 3 is 2.53 bits per heavy atom. The molecule has 0 saturated heterocycles. The standard InChI is InChI=1S/C23H20Cl2N2O2S/c1-3-29-18-9-7-17(8-10-18)26-23(30)21(27-12-4-5-15(2)14-27)22(28)19-13-16(24)6-11-20(19)25/h4-14H,3H2,1-2H3,(H-,26,28,30). The monoisotopic (exact) mass is 458 g/mol. The molecule has 154 valence electrons. The summed E-state index contributed by atoms with van der Waals surface area (Å²) in [5.41, 5.74) is 2.26. The Balaban J connectivity index is 2.05. The van der Waals surface area contributed by atoms with Crippen molar-refractivity contribution in [3.05, 3.63) is 88.2 Å². The molecule has 30 heavy (non-hydrogen) atoms. The van der Waals surface area contributed by atoms with Crippen LogP contribution in [0.2, 0.25) is 10.0 Å². The number of nitrogens with one attached hydrogen (secondary N) is 1. The molecular weight excluding hydrogens is 439 g/mol. The second kappa shape index (κ2) is 9.94. The minimum Gasteiger partial charge on any atom is -0.867 e. The molecule has 3 rings (SSSR count). The summed E-state index contributed by atoms with van der Waals surface area (Å²) in [5, 5.41) is 17.3. The van der Waals surface area contributed by atoms with Crippen molar-refractivity contribution in [3.8, 4) is 5.75 Å². The maximum absolute atomic E-state index is 13.5. The van der Waals surface area contributed by atoms with Gasteiger partial charge in [0.2, 0.25) is 5.70 Å². The lowest BCUT2D eigenvalue weighted by Gasteiger charge is -2.18. The largest absolute Gasteiger partial charge is 0.867 e. The molecule has 0 saturated carbocycles. The number of hydrogen-bond acceptors (Lipinski definition) is 3. The molecule has 0 bridgehead atoms. The number of benzene rings is 2. The molecule has 4 nitrogen and oxygen atoms in total. The number of hydrogen-bond donors (Lipinski definition) is 1. The number of aryl methyl sites for hydroxylation is 1. The molecule has 7 heteroatoms. The van der Waals surface area contributed by atoms with E-state index < -0.39 is 0 Å². The van der Waals surface area contributed by atoms with E-state index in [0.29, 0.717) is 16.7 Å². The fourth-order valence-corrected chi connectivity index (χ4v) is 3.55. The Bertz CT molecular complexity index is 1100. The topological polar surface area (TPSA) is 48.2 Å². The van der Waals surface area contributed by atoms with Crippen molar-refractivity contribution in [2.45, 2.75) is 13.8 Å². The highest BCUT2D eigenvalue weighted by atomic mass is 35.5. The summed E-state index contributed by atoms with van der Waals surface area (Å²) in [7, 11) is 0. The summed E-state index contributed by atoms with van der Waals surface area (Å²) in [5.74, 6) is 0.426. The van der Waals surface area contributed by atoms with Gasteiger partial charge in [-0.2, -0.15) is 4.57 Å². The second-order valence-electron chi connectivity index (χ2n) is 6.50. The van der Waals surface area contributed by atoms with Crippen LogP contribution in [0, 0.1) is 6.92 Å². The van der Waals surface area contributed by atoms with Crippen LogP contribution in [0.4, 0.5) is 5.69 Å². The second-order valence-corrected chi connectivity index (χ2v) is 7.75. The van der Waals surface area contributed by atoms with Crippen LogP contribution in [0.1, 0.15) is 18.1 Å². The summed E-state index contributed by atoms with van der Waals surface area (Å²) in [6.45, 7) is 4.45. The number of halogens is 2. The highest BCUT2D eigenvalue weighted by Gasteiger charge is 2.20. The van der Waals surface area contributed by atoms with Gasteiger partial charge in [-0.05, 0) is 73.7 Å². The van der Waals surface area contributed by atoms with Crippen LogP contribution in [0.3, 0.4) is 0 Å². The van der Waals surface area contributed by atoms with Gasteiger partial charge in [0.1, 0.15) is 5.75 Å². The van der Waals surface area contributed by atoms with Crippen LogP contribution in [0.15, 0.2) is 67.0 Å². The van der Waals surface area contributed by atoms with Gasteiger partial charge in [-0.15, -0.1) is 0 Å². The van der Waals surface area contributed by atoms with E-state index in [-0.39, 0.29) is 22.0 Å². The Morgan fingerprint density at radius 2 is 1.87 bits per heavy atom. The van der Waals surface area contributed by atoms with Crippen LogP contribution in [-0.4, -0.2) is 11.6 Å². The quantitative estimate of drug-likeness (QED) is 0.241. The summed E-state index contributed by atoms with van der Waals surface area (Å²) in [4.78, 5) is 0.260. The SMILES string of the molecule is CCOc1ccc(NC(=S)C(=C([O-])c2cc(Cl)ccc2Cl)[n+]2cccc(C)c2)cc1. The van der Waals surface area contributed by atoms with Gasteiger partial charge in [-0.3, -0.25) is 0 Å². The molecule has 1 heterocycles. The lowest BCUT2D eigenvalue weighted by Crippen LogP contribution is -2.40. The lowest BCUT2D eigenvalue weighted by molar-refractivity contribution is -0.578. The molecule has 0 aliphatic carbocycles. The van der Waals surface area contributed by atoms with E-state index in [4.69, 9.17) is 40.2 Å². The third-order valence-electron chi connectivity index (χ3n) is 4.23. The molecule has 0 spiro atoms. The number of anilines is 1. The van der Waals surface area contributed by atoms with E-state index in [0.717, 1.165) is 17.0 Å². The van der Waals surface area contributed by atoms with E-state index in [1.165, 1.54) is 0 Å².